The van der Waals surface area contributed by atoms with Crippen molar-refractivity contribution in [1.82, 2.24) is 19.0 Å². The first kappa shape index (κ1) is 23.6. The first-order chi connectivity index (χ1) is 14.6. The molecule has 170 valence electrons. The zero-order valence-corrected chi connectivity index (χ0v) is 20.4. The monoisotopic (exact) mass is 466 g/mol. The van der Waals surface area contributed by atoms with Gasteiger partial charge in [0.25, 0.3) is 10.0 Å². The Hall–Kier alpha value is -2.01. The number of aromatic nitrogens is 2. The molecule has 0 aromatic carbocycles. The van der Waals surface area contributed by atoms with Crippen LogP contribution in [-0.4, -0.2) is 60.1 Å². The van der Waals surface area contributed by atoms with E-state index in [0.29, 0.717) is 19.5 Å². The van der Waals surface area contributed by atoms with Crippen LogP contribution in [0.1, 0.15) is 45.9 Å². The van der Waals surface area contributed by atoms with Gasteiger partial charge in [-0.15, -0.1) is 11.3 Å². The molecule has 31 heavy (non-hydrogen) atoms. The molecule has 0 saturated carbocycles. The Labute approximate surface area is 188 Å². The summed E-state index contributed by atoms with van der Waals surface area (Å²) >= 11 is 1.18. The van der Waals surface area contributed by atoms with Crippen molar-refractivity contribution in [2.75, 3.05) is 26.7 Å². The second-order valence-electron chi connectivity index (χ2n) is 7.92. The number of aryl methyl sites for hydroxylation is 2. The molecule has 8 nitrogen and oxygen atoms in total. The minimum absolute atomic E-state index is 0.0758. The second kappa shape index (κ2) is 9.23. The summed E-state index contributed by atoms with van der Waals surface area (Å²) in [6.07, 6.45) is 2.60. The number of sulfonamides is 1. The molecule has 1 aliphatic heterocycles. The Bertz CT molecular complexity index is 1100. The molecule has 2 aromatic rings. The van der Waals surface area contributed by atoms with Gasteiger partial charge in [-0.05, 0) is 25.8 Å². The summed E-state index contributed by atoms with van der Waals surface area (Å²) in [5, 5.41) is 4.40. The fraction of sp³-hybridized carbons (Fsp3) is 0.524. The van der Waals surface area contributed by atoms with Crippen LogP contribution < -0.4 is 0 Å². The average Bonchev–Trinajstić information content (AvgIpc) is 3.24. The highest BCUT2D eigenvalue weighted by Gasteiger charge is 2.36. The molecule has 0 bridgehead atoms. The Morgan fingerprint density at radius 2 is 2.13 bits per heavy atom. The van der Waals surface area contributed by atoms with Gasteiger partial charge in [0.2, 0.25) is 0 Å². The summed E-state index contributed by atoms with van der Waals surface area (Å²) < 4.78 is 35.1. The summed E-state index contributed by atoms with van der Waals surface area (Å²) in [5.41, 5.74) is 3.85. The lowest BCUT2D eigenvalue weighted by molar-refractivity contribution is 0.0595. The van der Waals surface area contributed by atoms with E-state index in [9.17, 15) is 13.2 Å². The van der Waals surface area contributed by atoms with Crippen molar-refractivity contribution in [2.24, 2.45) is 7.05 Å². The third-order valence-corrected chi connectivity index (χ3v) is 9.01. The SMILES string of the molecule is C=C(C)CN(CC)S(=O)(=O)c1sc2c(c1C(=O)OC)CCN(Cc1cn(C)nc1C)C2. The van der Waals surface area contributed by atoms with Crippen molar-refractivity contribution in [1.29, 1.82) is 0 Å². The maximum atomic E-state index is 13.4. The highest BCUT2D eigenvalue weighted by Crippen LogP contribution is 2.38. The van der Waals surface area contributed by atoms with E-state index < -0.39 is 16.0 Å². The number of nitrogens with zero attached hydrogens (tertiary/aromatic N) is 4. The van der Waals surface area contributed by atoms with Gasteiger partial charge < -0.3 is 4.74 Å². The van der Waals surface area contributed by atoms with Crippen molar-refractivity contribution in [3.05, 3.63) is 45.6 Å². The number of fused-ring (bicyclic) bond motifs is 1. The van der Waals surface area contributed by atoms with Crippen LogP contribution in [0.15, 0.2) is 22.6 Å². The number of likely N-dealkylation sites (N-methyl/N-ethyl adjacent to an activating group) is 1. The molecule has 0 N–H and O–H groups in total. The minimum atomic E-state index is -3.85. The summed E-state index contributed by atoms with van der Waals surface area (Å²) in [5.74, 6) is -0.598. The van der Waals surface area contributed by atoms with Gasteiger partial charge in [-0.25, -0.2) is 13.2 Å². The lowest BCUT2D eigenvalue weighted by Crippen LogP contribution is -2.33. The quantitative estimate of drug-likeness (QED) is 0.439. The van der Waals surface area contributed by atoms with Crippen LogP contribution >= 0.6 is 11.3 Å². The molecule has 0 amide bonds. The molecular weight excluding hydrogens is 436 g/mol. The number of carbonyl (C=O) groups excluding carboxylic acids is 1. The zero-order chi connectivity index (χ0) is 22.9. The van der Waals surface area contributed by atoms with E-state index in [0.717, 1.165) is 40.4 Å². The molecule has 0 radical (unpaired) electrons. The first-order valence-electron chi connectivity index (χ1n) is 10.2. The van der Waals surface area contributed by atoms with Gasteiger partial charge in [0.05, 0.1) is 18.4 Å². The maximum absolute atomic E-state index is 13.4. The van der Waals surface area contributed by atoms with Crippen molar-refractivity contribution < 1.29 is 17.9 Å². The zero-order valence-electron chi connectivity index (χ0n) is 18.8. The molecule has 0 atom stereocenters. The molecule has 0 aliphatic carbocycles. The summed E-state index contributed by atoms with van der Waals surface area (Å²) in [7, 11) is -0.664. The number of thiophene rings is 1. The normalized spacial score (nSPS) is 14.6. The highest BCUT2D eigenvalue weighted by molar-refractivity contribution is 7.91. The Kier molecular flexibility index (Phi) is 7.04. The number of ether oxygens (including phenoxy) is 1. The van der Waals surface area contributed by atoms with Crippen molar-refractivity contribution >= 4 is 27.3 Å². The number of methoxy groups -OCH3 is 1. The predicted octanol–water partition coefficient (Wildman–Crippen LogP) is 2.72. The van der Waals surface area contributed by atoms with Crippen LogP contribution in [0.4, 0.5) is 0 Å². The van der Waals surface area contributed by atoms with Gasteiger partial charge in [0.15, 0.2) is 0 Å². The lowest BCUT2D eigenvalue weighted by atomic mass is 10.0. The van der Waals surface area contributed by atoms with Crippen LogP contribution in [0.25, 0.3) is 0 Å². The molecule has 3 heterocycles. The predicted molar refractivity (Wildman–Crippen MR) is 121 cm³/mol. The molecule has 3 rings (SSSR count). The van der Waals surface area contributed by atoms with Gasteiger partial charge in [-0.3, -0.25) is 9.58 Å². The van der Waals surface area contributed by atoms with Gasteiger partial charge in [-0.1, -0.05) is 19.1 Å². The van der Waals surface area contributed by atoms with E-state index in [1.165, 1.54) is 22.8 Å². The summed E-state index contributed by atoms with van der Waals surface area (Å²) in [6.45, 7) is 11.9. The fourth-order valence-corrected chi connectivity index (χ4v) is 7.46. The minimum Gasteiger partial charge on any atom is -0.465 e. The Balaban J connectivity index is 1.98. The van der Waals surface area contributed by atoms with E-state index in [4.69, 9.17) is 4.74 Å². The van der Waals surface area contributed by atoms with Gasteiger partial charge in [-0.2, -0.15) is 9.40 Å². The van der Waals surface area contributed by atoms with Crippen LogP contribution in [-0.2, 0) is 41.3 Å². The standard InChI is InChI=1S/C21H30N4O4S2/c1-7-25(10-14(2)3)31(27,28)21-19(20(26)29-6)17-8-9-24(13-18(17)30-21)12-16-11-23(5)22-15(16)4/h11H,2,7-10,12-13H2,1,3-6H3. The molecule has 1 aliphatic rings. The summed E-state index contributed by atoms with van der Waals surface area (Å²) in [4.78, 5) is 15.8. The first-order valence-corrected chi connectivity index (χ1v) is 12.4. The number of rotatable bonds is 8. The van der Waals surface area contributed by atoms with E-state index in [1.807, 2.05) is 20.2 Å². The van der Waals surface area contributed by atoms with Crippen molar-refractivity contribution in [3.8, 4) is 0 Å². The van der Waals surface area contributed by atoms with Crippen LogP contribution in [0.2, 0.25) is 0 Å². The lowest BCUT2D eigenvalue weighted by Gasteiger charge is -2.26. The summed E-state index contributed by atoms with van der Waals surface area (Å²) in [6, 6.07) is 0. The van der Waals surface area contributed by atoms with Crippen LogP contribution in [0.5, 0.6) is 0 Å². The average molecular weight is 467 g/mol. The van der Waals surface area contributed by atoms with Crippen LogP contribution in [0.3, 0.4) is 0 Å². The van der Waals surface area contributed by atoms with Gasteiger partial charge >= 0.3 is 5.97 Å². The third kappa shape index (κ3) is 4.77. The van der Waals surface area contributed by atoms with E-state index in [2.05, 4.69) is 16.6 Å². The van der Waals surface area contributed by atoms with Crippen molar-refractivity contribution in [3.63, 3.8) is 0 Å². The number of carbonyl (C=O) groups is 1. The molecule has 0 unspecified atom stereocenters. The van der Waals surface area contributed by atoms with Crippen LogP contribution in [0, 0.1) is 6.92 Å². The molecule has 0 saturated heterocycles. The number of hydrogen-bond donors (Lipinski definition) is 0. The topological polar surface area (TPSA) is 84.7 Å². The largest absolute Gasteiger partial charge is 0.465 e. The van der Waals surface area contributed by atoms with E-state index >= 15 is 0 Å². The second-order valence-corrected chi connectivity index (χ2v) is 11.2. The molecule has 2 aromatic heterocycles. The number of esters is 1. The molecular formula is C21H30N4O4S2. The Morgan fingerprint density at radius 1 is 1.42 bits per heavy atom. The van der Waals surface area contributed by atoms with Crippen molar-refractivity contribution in [2.45, 2.75) is 44.5 Å². The smallest absolute Gasteiger partial charge is 0.340 e. The van der Waals surface area contributed by atoms with E-state index in [-0.39, 0.29) is 16.3 Å². The van der Waals surface area contributed by atoms with Gasteiger partial charge in [0.1, 0.15) is 4.21 Å². The molecule has 0 spiro atoms. The molecule has 0 fully saturated rings. The highest BCUT2D eigenvalue weighted by atomic mass is 32.2. The maximum Gasteiger partial charge on any atom is 0.340 e. The fourth-order valence-electron chi connectivity index (χ4n) is 3.89. The van der Waals surface area contributed by atoms with Gasteiger partial charge in [0, 0.05) is 56.4 Å². The Morgan fingerprint density at radius 3 is 2.68 bits per heavy atom. The molecule has 10 heteroatoms. The third-order valence-electron chi connectivity index (χ3n) is 5.38. The number of hydrogen-bond acceptors (Lipinski definition) is 7. The van der Waals surface area contributed by atoms with E-state index in [1.54, 1.807) is 18.5 Å².